The molecule has 1 saturated heterocycles. The fraction of sp³-hybridized carbons (Fsp3) is 0.304. The number of ether oxygens (including phenoxy) is 1. The summed E-state index contributed by atoms with van der Waals surface area (Å²) in [6, 6.07) is 17.2. The standard InChI is InChI=1S/C23H27N5O3S/c1-32(29,30)28-13-11-17(12-14-28)15-25-23-21(22(24)26-16-27-23)18-7-9-20(10-8-18)31-19-5-3-2-4-6-19/h2-10,16-17H,11-15H2,1H3,(H3,24,25,26,27). The first-order valence-electron chi connectivity index (χ1n) is 10.5. The molecular formula is C23H27N5O3S. The smallest absolute Gasteiger partial charge is 0.211 e. The average molecular weight is 454 g/mol. The molecule has 0 saturated carbocycles. The molecule has 0 bridgehead atoms. The zero-order valence-electron chi connectivity index (χ0n) is 17.9. The molecule has 0 amide bonds. The summed E-state index contributed by atoms with van der Waals surface area (Å²) in [4.78, 5) is 8.57. The van der Waals surface area contributed by atoms with Crippen LogP contribution in [0.1, 0.15) is 12.8 Å². The zero-order valence-corrected chi connectivity index (χ0v) is 18.8. The Kier molecular flexibility index (Phi) is 6.57. The third kappa shape index (κ3) is 5.35. The van der Waals surface area contributed by atoms with Crippen molar-refractivity contribution in [2.24, 2.45) is 5.92 Å². The van der Waals surface area contributed by atoms with Gasteiger partial charge in [-0.2, -0.15) is 0 Å². The van der Waals surface area contributed by atoms with E-state index in [0.717, 1.165) is 35.5 Å². The van der Waals surface area contributed by atoms with E-state index in [1.807, 2.05) is 54.6 Å². The van der Waals surface area contributed by atoms with Crippen molar-refractivity contribution in [1.29, 1.82) is 0 Å². The Morgan fingerprint density at radius 2 is 1.69 bits per heavy atom. The molecule has 168 valence electrons. The summed E-state index contributed by atoms with van der Waals surface area (Å²) in [5, 5.41) is 3.40. The Bertz CT molecular complexity index is 1150. The number of piperidine rings is 1. The predicted molar refractivity (Wildman–Crippen MR) is 126 cm³/mol. The van der Waals surface area contributed by atoms with Gasteiger partial charge >= 0.3 is 0 Å². The van der Waals surface area contributed by atoms with Crippen molar-refractivity contribution in [1.82, 2.24) is 14.3 Å². The first kappa shape index (κ1) is 22.0. The number of benzene rings is 2. The fourth-order valence-corrected chi connectivity index (χ4v) is 4.69. The van der Waals surface area contributed by atoms with Gasteiger partial charge in [0.05, 0.1) is 11.8 Å². The van der Waals surface area contributed by atoms with Gasteiger partial charge in [0.2, 0.25) is 10.0 Å². The van der Waals surface area contributed by atoms with E-state index in [1.54, 1.807) is 0 Å². The van der Waals surface area contributed by atoms with Crippen molar-refractivity contribution in [3.63, 3.8) is 0 Å². The Hall–Kier alpha value is -3.17. The van der Waals surface area contributed by atoms with Crippen LogP contribution in [0.5, 0.6) is 11.5 Å². The van der Waals surface area contributed by atoms with Crippen LogP contribution in [0.15, 0.2) is 60.9 Å². The lowest BCUT2D eigenvalue weighted by Crippen LogP contribution is -2.39. The van der Waals surface area contributed by atoms with E-state index < -0.39 is 10.0 Å². The summed E-state index contributed by atoms with van der Waals surface area (Å²) >= 11 is 0. The van der Waals surface area contributed by atoms with Gasteiger partial charge in [0.25, 0.3) is 0 Å². The van der Waals surface area contributed by atoms with Crippen LogP contribution >= 0.6 is 0 Å². The van der Waals surface area contributed by atoms with Gasteiger partial charge < -0.3 is 15.8 Å². The average Bonchev–Trinajstić information content (AvgIpc) is 2.79. The molecule has 2 heterocycles. The Morgan fingerprint density at radius 1 is 1.03 bits per heavy atom. The third-order valence-corrected chi connectivity index (χ3v) is 6.90. The molecule has 0 spiro atoms. The molecule has 9 heteroatoms. The monoisotopic (exact) mass is 453 g/mol. The van der Waals surface area contributed by atoms with Crippen molar-refractivity contribution in [3.8, 4) is 22.6 Å². The maximum Gasteiger partial charge on any atom is 0.211 e. The fourth-order valence-electron chi connectivity index (χ4n) is 3.82. The lowest BCUT2D eigenvalue weighted by atomic mass is 9.98. The molecular weight excluding hydrogens is 426 g/mol. The summed E-state index contributed by atoms with van der Waals surface area (Å²) in [5.74, 6) is 2.92. The van der Waals surface area contributed by atoms with Crippen molar-refractivity contribution in [3.05, 3.63) is 60.9 Å². The Morgan fingerprint density at radius 3 is 2.34 bits per heavy atom. The number of nitrogens with two attached hydrogens (primary N) is 1. The Labute approximate surface area is 188 Å². The second-order valence-corrected chi connectivity index (χ2v) is 9.89. The van der Waals surface area contributed by atoms with Crippen LogP contribution < -0.4 is 15.8 Å². The number of nitrogen functional groups attached to an aromatic ring is 1. The van der Waals surface area contributed by atoms with E-state index in [4.69, 9.17) is 10.5 Å². The normalized spacial score (nSPS) is 15.4. The zero-order chi connectivity index (χ0) is 22.6. The van der Waals surface area contributed by atoms with Gasteiger partial charge in [-0.05, 0) is 48.6 Å². The summed E-state index contributed by atoms with van der Waals surface area (Å²) in [7, 11) is -3.12. The molecule has 3 N–H and O–H groups in total. The van der Waals surface area contributed by atoms with Gasteiger partial charge in [-0.1, -0.05) is 30.3 Å². The number of hydrogen-bond donors (Lipinski definition) is 2. The van der Waals surface area contributed by atoms with E-state index in [9.17, 15) is 8.42 Å². The van der Waals surface area contributed by atoms with E-state index in [1.165, 1.54) is 16.9 Å². The number of rotatable bonds is 7. The highest BCUT2D eigenvalue weighted by Crippen LogP contribution is 2.33. The van der Waals surface area contributed by atoms with Gasteiger partial charge in [0, 0.05) is 19.6 Å². The van der Waals surface area contributed by atoms with Gasteiger partial charge in [-0.3, -0.25) is 0 Å². The van der Waals surface area contributed by atoms with Crippen LogP contribution in [-0.2, 0) is 10.0 Å². The number of para-hydroxylation sites is 1. The number of anilines is 2. The minimum Gasteiger partial charge on any atom is -0.457 e. The molecule has 1 fully saturated rings. The Balaban J connectivity index is 1.44. The van der Waals surface area contributed by atoms with Gasteiger partial charge in [-0.15, -0.1) is 0 Å². The van der Waals surface area contributed by atoms with E-state index in [0.29, 0.717) is 37.2 Å². The molecule has 1 aliphatic heterocycles. The maximum absolute atomic E-state index is 11.7. The summed E-state index contributed by atoms with van der Waals surface area (Å²) < 4.78 is 30.8. The van der Waals surface area contributed by atoms with Crippen LogP contribution in [0.3, 0.4) is 0 Å². The highest BCUT2D eigenvalue weighted by Gasteiger charge is 2.25. The number of sulfonamides is 1. The van der Waals surface area contributed by atoms with Crippen LogP contribution in [0, 0.1) is 5.92 Å². The van der Waals surface area contributed by atoms with Crippen LogP contribution in [0.4, 0.5) is 11.6 Å². The number of hydrogen-bond acceptors (Lipinski definition) is 7. The van der Waals surface area contributed by atoms with Crippen molar-refractivity contribution in [2.45, 2.75) is 12.8 Å². The lowest BCUT2D eigenvalue weighted by Gasteiger charge is -2.30. The van der Waals surface area contributed by atoms with Gasteiger partial charge in [0.15, 0.2) is 0 Å². The highest BCUT2D eigenvalue weighted by atomic mass is 32.2. The summed E-state index contributed by atoms with van der Waals surface area (Å²) in [5.41, 5.74) is 7.82. The second kappa shape index (κ2) is 9.54. The predicted octanol–water partition coefficient (Wildman–Crippen LogP) is 3.60. The number of nitrogens with one attached hydrogen (secondary N) is 1. The molecule has 1 aliphatic rings. The summed E-state index contributed by atoms with van der Waals surface area (Å²) in [6.07, 6.45) is 4.32. The molecule has 0 unspecified atom stereocenters. The molecule has 0 aliphatic carbocycles. The molecule has 32 heavy (non-hydrogen) atoms. The van der Waals surface area contributed by atoms with Crippen molar-refractivity contribution in [2.75, 3.05) is 36.9 Å². The minimum absolute atomic E-state index is 0.360. The molecule has 4 rings (SSSR count). The second-order valence-electron chi connectivity index (χ2n) is 7.91. The van der Waals surface area contributed by atoms with Crippen LogP contribution in [0.25, 0.3) is 11.1 Å². The largest absolute Gasteiger partial charge is 0.457 e. The number of aromatic nitrogens is 2. The number of nitrogens with zero attached hydrogens (tertiary/aromatic N) is 3. The first-order chi connectivity index (χ1) is 15.4. The molecule has 1 aromatic heterocycles. The molecule has 0 radical (unpaired) electrons. The van der Waals surface area contributed by atoms with E-state index >= 15 is 0 Å². The lowest BCUT2D eigenvalue weighted by molar-refractivity contribution is 0.283. The van der Waals surface area contributed by atoms with E-state index in [2.05, 4.69) is 15.3 Å². The van der Waals surface area contributed by atoms with Gasteiger partial charge in [-0.25, -0.2) is 22.7 Å². The highest BCUT2D eigenvalue weighted by molar-refractivity contribution is 7.88. The van der Waals surface area contributed by atoms with Crippen molar-refractivity contribution < 1.29 is 13.2 Å². The molecule has 2 aromatic carbocycles. The van der Waals surface area contributed by atoms with Crippen molar-refractivity contribution >= 4 is 21.7 Å². The summed E-state index contributed by atoms with van der Waals surface area (Å²) in [6.45, 7) is 1.79. The van der Waals surface area contributed by atoms with Gasteiger partial charge in [0.1, 0.15) is 29.5 Å². The van der Waals surface area contributed by atoms with E-state index in [-0.39, 0.29) is 0 Å². The topological polar surface area (TPSA) is 110 Å². The quantitative estimate of drug-likeness (QED) is 0.562. The van der Waals surface area contributed by atoms with Crippen LogP contribution in [-0.4, -0.2) is 48.6 Å². The molecule has 8 nitrogen and oxygen atoms in total. The minimum atomic E-state index is -3.12. The third-order valence-electron chi connectivity index (χ3n) is 5.60. The van der Waals surface area contributed by atoms with Crippen LogP contribution in [0.2, 0.25) is 0 Å². The molecule has 0 atom stereocenters. The SMILES string of the molecule is CS(=O)(=O)N1CCC(CNc2ncnc(N)c2-c2ccc(Oc3ccccc3)cc2)CC1. The maximum atomic E-state index is 11.7. The first-order valence-corrected chi connectivity index (χ1v) is 12.4. The molecule has 3 aromatic rings.